The Morgan fingerprint density at radius 3 is 2.68 bits per heavy atom. The zero-order valence-electron chi connectivity index (χ0n) is 12.2. The molecule has 3 rings (SSSR count). The molecule has 0 saturated heterocycles. The van der Waals surface area contributed by atoms with Gasteiger partial charge in [-0.3, -0.25) is 4.79 Å². The van der Waals surface area contributed by atoms with Gasteiger partial charge in [0.2, 0.25) is 4.80 Å². The SMILES string of the molecule is COc1ccccc1C(=O)NN=c1sc2ccccc2n1C. The van der Waals surface area contributed by atoms with E-state index in [0.717, 1.165) is 15.0 Å². The van der Waals surface area contributed by atoms with Crippen LogP contribution in [0.2, 0.25) is 0 Å². The maximum Gasteiger partial charge on any atom is 0.275 e. The molecule has 1 amide bonds. The first-order valence-electron chi connectivity index (χ1n) is 6.72. The summed E-state index contributed by atoms with van der Waals surface area (Å²) in [6, 6.07) is 15.1. The van der Waals surface area contributed by atoms with Crippen LogP contribution in [0.3, 0.4) is 0 Å². The molecule has 0 aliphatic heterocycles. The summed E-state index contributed by atoms with van der Waals surface area (Å²) in [5, 5.41) is 4.22. The molecule has 22 heavy (non-hydrogen) atoms. The molecule has 2 aromatic carbocycles. The predicted molar refractivity (Wildman–Crippen MR) is 86.8 cm³/mol. The number of nitrogens with zero attached hydrogens (tertiary/aromatic N) is 2. The number of aryl methyl sites for hydroxylation is 1. The van der Waals surface area contributed by atoms with Crippen molar-refractivity contribution in [1.29, 1.82) is 0 Å². The number of benzene rings is 2. The normalized spacial score (nSPS) is 11.6. The molecule has 0 aliphatic carbocycles. The molecule has 0 fully saturated rings. The molecule has 1 aromatic heterocycles. The second-order valence-corrected chi connectivity index (χ2v) is 5.67. The van der Waals surface area contributed by atoms with Crippen molar-refractivity contribution < 1.29 is 9.53 Å². The number of methoxy groups -OCH3 is 1. The first-order valence-corrected chi connectivity index (χ1v) is 7.54. The average molecular weight is 313 g/mol. The van der Waals surface area contributed by atoms with Gasteiger partial charge in [0.05, 0.1) is 22.9 Å². The van der Waals surface area contributed by atoms with E-state index in [4.69, 9.17) is 4.74 Å². The molecule has 1 heterocycles. The van der Waals surface area contributed by atoms with Crippen molar-refractivity contribution in [3.05, 3.63) is 58.9 Å². The highest BCUT2D eigenvalue weighted by Crippen LogP contribution is 2.17. The minimum atomic E-state index is -0.296. The molecule has 0 aliphatic rings. The monoisotopic (exact) mass is 313 g/mol. The number of aromatic nitrogens is 1. The number of nitrogens with one attached hydrogen (secondary N) is 1. The lowest BCUT2D eigenvalue weighted by atomic mass is 10.2. The number of rotatable bonds is 3. The fraction of sp³-hybridized carbons (Fsp3) is 0.125. The Kier molecular flexibility index (Phi) is 3.93. The van der Waals surface area contributed by atoms with Crippen molar-refractivity contribution in [1.82, 2.24) is 9.99 Å². The van der Waals surface area contributed by atoms with Gasteiger partial charge in [0.15, 0.2) is 0 Å². The van der Waals surface area contributed by atoms with Gasteiger partial charge in [-0.05, 0) is 24.3 Å². The Morgan fingerprint density at radius 1 is 1.18 bits per heavy atom. The zero-order chi connectivity index (χ0) is 15.5. The summed E-state index contributed by atoms with van der Waals surface area (Å²) in [5.74, 6) is 0.228. The Hall–Kier alpha value is -2.60. The number of para-hydroxylation sites is 2. The van der Waals surface area contributed by atoms with Gasteiger partial charge in [-0.1, -0.05) is 35.6 Å². The summed E-state index contributed by atoms with van der Waals surface area (Å²) in [4.78, 5) is 13.0. The Bertz CT molecular complexity index is 896. The third-order valence-corrected chi connectivity index (χ3v) is 4.43. The van der Waals surface area contributed by atoms with Crippen LogP contribution in [0.15, 0.2) is 53.6 Å². The highest BCUT2D eigenvalue weighted by atomic mass is 32.1. The van der Waals surface area contributed by atoms with Gasteiger partial charge in [-0.2, -0.15) is 0 Å². The summed E-state index contributed by atoms with van der Waals surface area (Å²) in [6.07, 6.45) is 0. The number of fused-ring (bicyclic) bond motifs is 1. The number of amides is 1. The first kappa shape index (κ1) is 14.3. The van der Waals surface area contributed by atoms with Crippen molar-refractivity contribution in [2.24, 2.45) is 12.1 Å². The molecule has 0 atom stereocenters. The van der Waals surface area contributed by atoms with Gasteiger partial charge in [-0.25, -0.2) is 5.43 Å². The molecule has 1 N–H and O–H groups in total. The van der Waals surface area contributed by atoms with Gasteiger partial charge in [-0.15, -0.1) is 5.10 Å². The van der Waals surface area contributed by atoms with Crippen molar-refractivity contribution in [3.8, 4) is 5.75 Å². The molecule has 0 radical (unpaired) electrons. The van der Waals surface area contributed by atoms with Crippen LogP contribution >= 0.6 is 11.3 Å². The summed E-state index contributed by atoms with van der Waals surface area (Å²) in [6.45, 7) is 0. The highest BCUT2D eigenvalue weighted by Gasteiger charge is 2.10. The van der Waals surface area contributed by atoms with Gasteiger partial charge in [0.1, 0.15) is 5.75 Å². The van der Waals surface area contributed by atoms with Crippen molar-refractivity contribution in [3.63, 3.8) is 0 Å². The topological polar surface area (TPSA) is 55.6 Å². The van der Waals surface area contributed by atoms with Crippen molar-refractivity contribution in [2.75, 3.05) is 7.11 Å². The van der Waals surface area contributed by atoms with Crippen LogP contribution in [0, 0.1) is 0 Å². The van der Waals surface area contributed by atoms with E-state index in [9.17, 15) is 4.79 Å². The summed E-state index contributed by atoms with van der Waals surface area (Å²) in [7, 11) is 3.46. The van der Waals surface area contributed by atoms with E-state index in [-0.39, 0.29) is 5.91 Å². The minimum absolute atomic E-state index is 0.296. The smallest absolute Gasteiger partial charge is 0.275 e. The largest absolute Gasteiger partial charge is 0.496 e. The van der Waals surface area contributed by atoms with Crippen LogP contribution in [0.4, 0.5) is 0 Å². The molecular weight excluding hydrogens is 298 g/mol. The van der Waals surface area contributed by atoms with E-state index in [1.165, 1.54) is 18.4 Å². The van der Waals surface area contributed by atoms with Crippen LogP contribution in [-0.4, -0.2) is 17.6 Å². The van der Waals surface area contributed by atoms with E-state index in [0.29, 0.717) is 11.3 Å². The van der Waals surface area contributed by atoms with Gasteiger partial charge in [0, 0.05) is 7.05 Å². The summed E-state index contributed by atoms with van der Waals surface area (Å²) >= 11 is 1.52. The van der Waals surface area contributed by atoms with E-state index in [1.807, 2.05) is 41.9 Å². The van der Waals surface area contributed by atoms with Gasteiger partial charge < -0.3 is 9.30 Å². The van der Waals surface area contributed by atoms with E-state index < -0.39 is 0 Å². The fourth-order valence-corrected chi connectivity index (χ4v) is 3.16. The summed E-state index contributed by atoms with van der Waals surface area (Å²) in [5.41, 5.74) is 4.12. The number of thiazole rings is 1. The quantitative estimate of drug-likeness (QED) is 0.755. The first-order chi connectivity index (χ1) is 10.7. The number of ether oxygens (including phenoxy) is 1. The van der Waals surface area contributed by atoms with E-state index >= 15 is 0 Å². The second kappa shape index (κ2) is 6.03. The van der Waals surface area contributed by atoms with Crippen molar-refractivity contribution >= 4 is 27.5 Å². The standard InChI is InChI=1S/C16H15N3O2S/c1-19-12-8-4-6-10-14(12)22-16(19)18-17-15(20)11-7-3-5-9-13(11)21-2/h3-10H,1-2H3,(H,17,20). The maximum atomic E-state index is 12.2. The van der Waals surface area contributed by atoms with Crippen LogP contribution in [0.5, 0.6) is 5.75 Å². The molecule has 5 nitrogen and oxygen atoms in total. The molecule has 0 spiro atoms. The summed E-state index contributed by atoms with van der Waals surface area (Å²) < 4.78 is 8.25. The fourth-order valence-electron chi connectivity index (χ4n) is 2.18. The minimum Gasteiger partial charge on any atom is -0.496 e. The number of carbonyl (C=O) groups is 1. The Labute approximate surface area is 131 Å². The maximum absolute atomic E-state index is 12.2. The van der Waals surface area contributed by atoms with Crippen LogP contribution in [0.1, 0.15) is 10.4 Å². The van der Waals surface area contributed by atoms with Crippen LogP contribution in [0.25, 0.3) is 10.2 Å². The Morgan fingerprint density at radius 2 is 1.91 bits per heavy atom. The predicted octanol–water partition coefficient (Wildman–Crippen LogP) is 2.49. The molecule has 0 unspecified atom stereocenters. The number of hydrogen-bond donors (Lipinski definition) is 1. The number of hydrogen-bond acceptors (Lipinski definition) is 4. The lowest BCUT2D eigenvalue weighted by molar-refractivity contribution is 0.0950. The molecular formula is C16H15N3O2S. The molecule has 0 saturated carbocycles. The lowest BCUT2D eigenvalue weighted by Crippen LogP contribution is -2.23. The highest BCUT2D eigenvalue weighted by molar-refractivity contribution is 7.16. The molecule has 112 valence electrons. The third-order valence-electron chi connectivity index (χ3n) is 3.32. The van der Waals surface area contributed by atoms with Crippen molar-refractivity contribution in [2.45, 2.75) is 0 Å². The second-order valence-electron chi connectivity index (χ2n) is 4.66. The van der Waals surface area contributed by atoms with Crippen LogP contribution in [-0.2, 0) is 7.05 Å². The van der Waals surface area contributed by atoms with Gasteiger partial charge >= 0.3 is 0 Å². The molecule has 3 aromatic rings. The lowest BCUT2D eigenvalue weighted by Gasteiger charge is -2.05. The molecule has 0 bridgehead atoms. The van der Waals surface area contributed by atoms with Gasteiger partial charge in [0.25, 0.3) is 5.91 Å². The zero-order valence-corrected chi connectivity index (χ0v) is 13.1. The van der Waals surface area contributed by atoms with E-state index in [1.54, 1.807) is 18.2 Å². The number of carbonyl (C=O) groups excluding carboxylic acids is 1. The third kappa shape index (κ3) is 2.60. The van der Waals surface area contributed by atoms with Crippen LogP contribution < -0.4 is 15.0 Å². The molecule has 6 heteroatoms. The van der Waals surface area contributed by atoms with E-state index in [2.05, 4.69) is 10.5 Å². The average Bonchev–Trinajstić information content (AvgIpc) is 2.89. The Balaban J connectivity index is 1.92.